The average Bonchev–Trinajstić information content (AvgIpc) is 3.05. The molecular weight excluding hydrogens is 290 g/mol. The van der Waals surface area contributed by atoms with Crippen LogP contribution in [-0.2, 0) is 9.59 Å². The van der Waals surface area contributed by atoms with E-state index in [2.05, 4.69) is 4.90 Å². The molecule has 2 rings (SSSR count). The first-order chi connectivity index (χ1) is 11.0. The molecule has 0 saturated carbocycles. The summed E-state index contributed by atoms with van der Waals surface area (Å²) in [6.07, 6.45) is 0.990. The van der Waals surface area contributed by atoms with E-state index in [-0.39, 0.29) is 18.4 Å². The van der Waals surface area contributed by atoms with Crippen molar-refractivity contribution in [3.05, 3.63) is 30.3 Å². The Labute approximate surface area is 139 Å². The quantitative estimate of drug-likeness (QED) is 0.855. The molecule has 1 saturated heterocycles. The maximum atomic E-state index is 12.4. The van der Waals surface area contributed by atoms with E-state index < -0.39 is 0 Å². The van der Waals surface area contributed by atoms with Crippen molar-refractivity contribution in [1.29, 1.82) is 0 Å². The van der Waals surface area contributed by atoms with Gasteiger partial charge in [-0.3, -0.25) is 9.59 Å². The van der Waals surface area contributed by atoms with E-state index in [4.69, 9.17) is 0 Å². The second-order valence-electron chi connectivity index (χ2n) is 5.69. The molecule has 1 fully saturated rings. The lowest BCUT2D eigenvalue weighted by Gasteiger charge is -2.25. The van der Waals surface area contributed by atoms with Gasteiger partial charge in [-0.25, -0.2) is 0 Å². The molecule has 0 N–H and O–H groups in total. The zero-order valence-electron chi connectivity index (χ0n) is 15.0. The molecule has 5 nitrogen and oxygen atoms in total. The molecule has 0 aliphatic carbocycles. The van der Waals surface area contributed by atoms with E-state index >= 15 is 0 Å². The molecule has 5 heteroatoms. The third-order valence-corrected chi connectivity index (χ3v) is 3.99. The summed E-state index contributed by atoms with van der Waals surface area (Å²) in [5.41, 5.74) is 0.765. The topological polar surface area (TPSA) is 43.9 Å². The summed E-state index contributed by atoms with van der Waals surface area (Å²) in [6.45, 7) is 7.11. The van der Waals surface area contributed by atoms with Crippen molar-refractivity contribution < 1.29 is 9.59 Å². The van der Waals surface area contributed by atoms with Crippen molar-refractivity contribution in [2.45, 2.75) is 33.2 Å². The molecule has 0 aromatic heterocycles. The molecule has 1 aromatic carbocycles. The summed E-state index contributed by atoms with van der Waals surface area (Å²) < 4.78 is 0. The minimum absolute atomic E-state index is 0.0124. The smallest absolute Gasteiger partial charge is 0.242 e. The SMILES string of the molecule is CC.CC(=O)N(CC(=O)N1CCC(N(C)C)C1)c1ccccc1. The van der Waals surface area contributed by atoms with E-state index in [1.54, 1.807) is 0 Å². The van der Waals surface area contributed by atoms with Crippen LogP contribution in [0.5, 0.6) is 0 Å². The number of carbonyl (C=O) groups excluding carboxylic acids is 2. The van der Waals surface area contributed by atoms with Crippen molar-refractivity contribution in [2.75, 3.05) is 38.6 Å². The highest BCUT2D eigenvalue weighted by atomic mass is 16.2. The van der Waals surface area contributed by atoms with Crippen LogP contribution in [0.1, 0.15) is 27.2 Å². The lowest BCUT2D eigenvalue weighted by Crippen LogP contribution is -2.42. The van der Waals surface area contributed by atoms with Crippen LogP contribution < -0.4 is 4.90 Å². The van der Waals surface area contributed by atoms with Gasteiger partial charge in [-0.2, -0.15) is 0 Å². The van der Waals surface area contributed by atoms with Crippen LogP contribution in [0.2, 0.25) is 0 Å². The van der Waals surface area contributed by atoms with Gasteiger partial charge in [0.05, 0.1) is 0 Å². The number of carbonyl (C=O) groups is 2. The predicted molar refractivity (Wildman–Crippen MR) is 94.5 cm³/mol. The lowest BCUT2D eigenvalue weighted by atomic mass is 10.2. The highest BCUT2D eigenvalue weighted by Crippen LogP contribution is 2.17. The van der Waals surface area contributed by atoms with Gasteiger partial charge in [-0.05, 0) is 32.6 Å². The van der Waals surface area contributed by atoms with Gasteiger partial charge >= 0.3 is 0 Å². The predicted octanol–water partition coefficient (Wildman–Crippen LogP) is 2.23. The number of amides is 2. The van der Waals surface area contributed by atoms with Gasteiger partial charge in [0.15, 0.2) is 0 Å². The summed E-state index contributed by atoms with van der Waals surface area (Å²) in [5, 5.41) is 0. The van der Waals surface area contributed by atoms with Crippen molar-refractivity contribution in [3.63, 3.8) is 0 Å². The van der Waals surface area contributed by atoms with Crippen LogP contribution in [-0.4, -0.2) is 61.4 Å². The molecule has 1 aliphatic heterocycles. The number of likely N-dealkylation sites (N-methyl/N-ethyl adjacent to an activating group) is 1. The molecule has 0 bridgehead atoms. The molecule has 1 atom stereocenters. The number of likely N-dealkylation sites (tertiary alicyclic amines) is 1. The summed E-state index contributed by atoms with van der Waals surface area (Å²) in [6, 6.07) is 9.74. The lowest BCUT2D eigenvalue weighted by molar-refractivity contribution is -0.130. The first kappa shape index (κ1) is 19.2. The average molecular weight is 319 g/mol. The molecule has 0 radical (unpaired) electrons. The first-order valence-corrected chi connectivity index (χ1v) is 8.26. The standard InChI is InChI=1S/C16H23N3O2.C2H6/c1-13(20)19(14-7-5-4-6-8-14)12-16(21)18-10-9-15(11-18)17(2)3;1-2/h4-8,15H,9-12H2,1-3H3;1-2H3. The van der Waals surface area contributed by atoms with Crippen molar-refractivity contribution in [3.8, 4) is 0 Å². The van der Waals surface area contributed by atoms with Crippen molar-refractivity contribution in [1.82, 2.24) is 9.80 Å². The van der Waals surface area contributed by atoms with Crippen LogP contribution in [0, 0.1) is 0 Å². The Kier molecular flexibility index (Phi) is 7.75. The summed E-state index contributed by atoms with van der Waals surface area (Å²) in [5.74, 6) is -0.101. The Morgan fingerprint density at radius 2 is 1.78 bits per heavy atom. The Morgan fingerprint density at radius 3 is 2.26 bits per heavy atom. The molecule has 0 spiro atoms. The van der Waals surface area contributed by atoms with Gasteiger partial charge in [-0.1, -0.05) is 32.0 Å². The number of hydrogen-bond acceptors (Lipinski definition) is 3. The van der Waals surface area contributed by atoms with Crippen LogP contribution in [0.4, 0.5) is 5.69 Å². The highest BCUT2D eigenvalue weighted by molar-refractivity contribution is 5.97. The van der Waals surface area contributed by atoms with Crippen LogP contribution in [0.3, 0.4) is 0 Å². The normalized spacial score (nSPS) is 16.8. The highest BCUT2D eigenvalue weighted by Gasteiger charge is 2.28. The molecule has 1 heterocycles. The summed E-state index contributed by atoms with van der Waals surface area (Å²) in [4.78, 5) is 29.8. The van der Waals surface area contributed by atoms with E-state index in [9.17, 15) is 9.59 Å². The fraction of sp³-hybridized carbons (Fsp3) is 0.556. The monoisotopic (exact) mass is 319 g/mol. The second-order valence-corrected chi connectivity index (χ2v) is 5.69. The van der Waals surface area contributed by atoms with Crippen molar-refractivity contribution in [2.24, 2.45) is 0 Å². The van der Waals surface area contributed by atoms with E-state index in [0.29, 0.717) is 6.04 Å². The molecule has 23 heavy (non-hydrogen) atoms. The molecule has 2 amide bonds. The minimum atomic E-state index is -0.113. The molecule has 1 aliphatic rings. The Hall–Kier alpha value is -1.88. The number of benzene rings is 1. The first-order valence-electron chi connectivity index (χ1n) is 8.26. The van der Waals surface area contributed by atoms with Gasteiger partial charge in [-0.15, -0.1) is 0 Å². The maximum Gasteiger partial charge on any atom is 0.242 e. The molecule has 128 valence electrons. The van der Waals surface area contributed by atoms with Gasteiger partial charge in [0, 0.05) is 31.7 Å². The van der Waals surface area contributed by atoms with Gasteiger partial charge in [0.2, 0.25) is 11.8 Å². The van der Waals surface area contributed by atoms with E-state index in [1.807, 2.05) is 63.2 Å². The van der Waals surface area contributed by atoms with Crippen molar-refractivity contribution >= 4 is 17.5 Å². The van der Waals surface area contributed by atoms with Crippen LogP contribution in [0.25, 0.3) is 0 Å². The third-order valence-electron chi connectivity index (χ3n) is 3.99. The van der Waals surface area contributed by atoms with Gasteiger partial charge in [0.1, 0.15) is 6.54 Å². The molecule has 1 unspecified atom stereocenters. The Balaban J connectivity index is 0.00000127. The maximum absolute atomic E-state index is 12.4. The minimum Gasteiger partial charge on any atom is -0.340 e. The van der Waals surface area contributed by atoms with Crippen LogP contribution in [0.15, 0.2) is 30.3 Å². The zero-order valence-corrected chi connectivity index (χ0v) is 15.0. The number of hydrogen-bond donors (Lipinski definition) is 0. The number of anilines is 1. The fourth-order valence-electron chi connectivity index (χ4n) is 2.62. The van der Waals surface area contributed by atoms with E-state index in [1.165, 1.54) is 11.8 Å². The second kappa shape index (κ2) is 9.30. The Morgan fingerprint density at radius 1 is 1.17 bits per heavy atom. The fourth-order valence-corrected chi connectivity index (χ4v) is 2.62. The van der Waals surface area contributed by atoms with E-state index in [0.717, 1.165) is 25.2 Å². The number of rotatable bonds is 4. The van der Waals surface area contributed by atoms with Gasteiger partial charge < -0.3 is 14.7 Å². The summed E-state index contributed by atoms with van der Waals surface area (Å²) >= 11 is 0. The zero-order chi connectivity index (χ0) is 17.4. The molecular formula is C18H29N3O2. The Bertz CT molecular complexity index is 502. The summed E-state index contributed by atoms with van der Waals surface area (Å²) in [7, 11) is 4.06. The molecule has 1 aromatic rings. The van der Waals surface area contributed by atoms with Crippen LogP contribution >= 0.6 is 0 Å². The number of para-hydroxylation sites is 1. The van der Waals surface area contributed by atoms with Gasteiger partial charge in [0.25, 0.3) is 0 Å². The third kappa shape index (κ3) is 5.36. The largest absolute Gasteiger partial charge is 0.340 e. The number of nitrogens with zero attached hydrogens (tertiary/aromatic N) is 3.